The summed E-state index contributed by atoms with van der Waals surface area (Å²) in [7, 11) is 0. The van der Waals surface area contributed by atoms with Gasteiger partial charge in [-0.2, -0.15) is 0 Å². The van der Waals surface area contributed by atoms with Gasteiger partial charge in [0.1, 0.15) is 11.6 Å². The van der Waals surface area contributed by atoms with E-state index in [1.54, 1.807) is 0 Å². The zero-order valence-electron chi connectivity index (χ0n) is 8.56. The number of hydrogen-bond acceptors (Lipinski definition) is 5. The highest BCUT2D eigenvalue weighted by Gasteiger charge is 2.22. The van der Waals surface area contributed by atoms with Crippen molar-refractivity contribution in [2.45, 2.75) is 6.42 Å². The Balaban J connectivity index is 2.09. The largest absolute Gasteiger partial charge is 0.396 e. The van der Waals surface area contributed by atoms with Crippen LogP contribution in [0, 0.1) is 5.92 Å². The number of rotatable bonds is 3. The fourth-order valence-electron chi connectivity index (χ4n) is 1.87. The first-order chi connectivity index (χ1) is 7.33. The van der Waals surface area contributed by atoms with E-state index in [1.807, 2.05) is 18.2 Å². The van der Waals surface area contributed by atoms with Crippen LogP contribution in [0.15, 0.2) is 18.2 Å². The van der Waals surface area contributed by atoms with Gasteiger partial charge in [-0.1, -0.05) is 6.07 Å². The lowest BCUT2D eigenvalue weighted by Gasteiger charge is -2.17. The van der Waals surface area contributed by atoms with Gasteiger partial charge >= 0.3 is 0 Å². The molecule has 5 heteroatoms. The zero-order chi connectivity index (χ0) is 10.7. The Morgan fingerprint density at radius 2 is 2.47 bits per heavy atom. The Morgan fingerprint density at radius 1 is 1.60 bits per heavy atom. The molecule has 2 rings (SSSR count). The van der Waals surface area contributed by atoms with Crippen LogP contribution in [0.2, 0.25) is 0 Å². The molecule has 0 aliphatic carbocycles. The normalized spacial score (nSPS) is 20.7. The summed E-state index contributed by atoms with van der Waals surface area (Å²) >= 11 is 0. The average Bonchev–Trinajstić information content (AvgIpc) is 2.78. The molecule has 0 bridgehead atoms. The van der Waals surface area contributed by atoms with Crippen LogP contribution in [-0.2, 0) is 0 Å². The Labute approximate surface area is 88.9 Å². The van der Waals surface area contributed by atoms with Crippen molar-refractivity contribution in [3.63, 3.8) is 0 Å². The van der Waals surface area contributed by atoms with E-state index in [0.29, 0.717) is 11.7 Å². The van der Waals surface area contributed by atoms with Crippen LogP contribution < -0.4 is 16.2 Å². The van der Waals surface area contributed by atoms with Gasteiger partial charge in [0, 0.05) is 25.6 Å². The summed E-state index contributed by atoms with van der Waals surface area (Å²) in [4.78, 5) is 6.52. The highest BCUT2D eigenvalue weighted by atomic mass is 16.3. The quantitative estimate of drug-likeness (QED) is 0.488. The lowest BCUT2D eigenvalue weighted by Crippen LogP contribution is -2.22. The van der Waals surface area contributed by atoms with Gasteiger partial charge in [-0.15, -0.1) is 0 Å². The van der Waals surface area contributed by atoms with E-state index >= 15 is 0 Å². The monoisotopic (exact) mass is 208 g/mol. The molecule has 1 aliphatic heterocycles. The molecule has 1 aromatic rings. The van der Waals surface area contributed by atoms with Crippen LogP contribution in [-0.4, -0.2) is 29.8 Å². The van der Waals surface area contributed by atoms with Crippen LogP contribution in [0.5, 0.6) is 0 Å². The summed E-state index contributed by atoms with van der Waals surface area (Å²) in [5, 5.41) is 9.05. The van der Waals surface area contributed by atoms with Gasteiger partial charge in [0.25, 0.3) is 0 Å². The summed E-state index contributed by atoms with van der Waals surface area (Å²) in [5.41, 5.74) is 2.53. The number of nitrogens with zero attached hydrogens (tertiary/aromatic N) is 2. The zero-order valence-corrected chi connectivity index (χ0v) is 8.56. The van der Waals surface area contributed by atoms with Crippen LogP contribution in [0.3, 0.4) is 0 Å². The molecule has 15 heavy (non-hydrogen) atoms. The third kappa shape index (κ3) is 2.19. The molecule has 0 spiro atoms. The SMILES string of the molecule is NNc1cccc(N2CCC(CO)C2)n1. The minimum Gasteiger partial charge on any atom is -0.396 e. The first-order valence-corrected chi connectivity index (χ1v) is 5.13. The van der Waals surface area contributed by atoms with Crippen molar-refractivity contribution < 1.29 is 5.11 Å². The van der Waals surface area contributed by atoms with E-state index in [9.17, 15) is 0 Å². The molecule has 1 saturated heterocycles. The maximum absolute atomic E-state index is 9.05. The Hall–Kier alpha value is -1.33. The number of hydrogen-bond donors (Lipinski definition) is 3. The van der Waals surface area contributed by atoms with Crippen LogP contribution in [0.25, 0.3) is 0 Å². The number of aromatic nitrogens is 1. The molecule has 1 aliphatic rings. The minimum absolute atomic E-state index is 0.255. The van der Waals surface area contributed by atoms with Crippen LogP contribution in [0.4, 0.5) is 11.6 Å². The first kappa shape index (κ1) is 10.2. The minimum atomic E-state index is 0.255. The average molecular weight is 208 g/mol. The number of anilines is 2. The maximum Gasteiger partial charge on any atom is 0.142 e. The number of hydrazine groups is 1. The molecule has 0 radical (unpaired) electrons. The van der Waals surface area contributed by atoms with Gasteiger partial charge in [0.2, 0.25) is 0 Å². The number of aliphatic hydroxyl groups is 1. The molecule has 0 amide bonds. The Bertz CT molecular complexity index is 331. The van der Waals surface area contributed by atoms with Crippen molar-refractivity contribution in [3.8, 4) is 0 Å². The van der Waals surface area contributed by atoms with E-state index < -0.39 is 0 Å². The van der Waals surface area contributed by atoms with Crippen molar-refractivity contribution in [1.29, 1.82) is 0 Å². The lowest BCUT2D eigenvalue weighted by atomic mass is 10.1. The van der Waals surface area contributed by atoms with Crippen molar-refractivity contribution in [3.05, 3.63) is 18.2 Å². The summed E-state index contributed by atoms with van der Waals surface area (Å²) in [6, 6.07) is 5.70. The maximum atomic E-state index is 9.05. The van der Waals surface area contributed by atoms with Crippen molar-refractivity contribution >= 4 is 11.6 Å². The third-order valence-electron chi connectivity index (χ3n) is 2.75. The van der Waals surface area contributed by atoms with Crippen LogP contribution >= 0.6 is 0 Å². The third-order valence-corrected chi connectivity index (χ3v) is 2.75. The summed E-state index contributed by atoms with van der Waals surface area (Å²) in [6.45, 7) is 2.08. The van der Waals surface area contributed by atoms with Crippen molar-refractivity contribution in [2.24, 2.45) is 11.8 Å². The molecule has 5 nitrogen and oxygen atoms in total. The van der Waals surface area contributed by atoms with Gasteiger partial charge in [0.05, 0.1) is 0 Å². The van der Waals surface area contributed by atoms with E-state index in [0.717, 1.165) is 25.3 Å². The fraction of sp³-hybridized carbons (Fsp3) is 0.500. The van der Waals surface area contributed by atoms with Crippen LogP contribution in [0.1, 0.15) is 6.42 Å². The molecule has 1 aromatic heterocycles. The smallest absolute Gasteiger partial charge is 0.142 e. The van der Waals surface area contributed by atoms with E-state index in [1.165, 1.54) is 0 Å². The number of pyridine rings is 1. The standard InChI is InChI=1S/C10H16N4O/c11-13-9-2-1-3-10(12-9)14-5-4-8(6-14)7-15/h1-3,8,15H,4-7,11H2,(H,12,13). The van der Waals surface area contributed by atoms with E-state index in [2.05, 4.69) is 15.3 Å². The topological polar surface area (TPSA) is 74.4 Å². The first-order valence-electron chi connectivity index (χ1n) is 5.13. The van der Waals surface area contributed by atoms with Gasteiger partial charge in [0.15, 0.2) is 0 Å². The molecule has 1 atom stereocenters. The van der Waals surface area contributed by atoms with Gasteiger partial charge in [-0.25, -0.2) is 10.8 Å². The molecule has 1 fully saturated rings. The second-order valence-corrected chi connectivity index (χ2v) is 3.81. The highest BCUT2D eigenvalue weighted by Crippen LogP contribution is 2.22. The van der Waals surface area contributed by atoms with E-state index in [-0.39, 0.29) is 6.61 Å². The summed E-state index contributed by atoms with van der Waals surface area (Å²) in [5.74, 6) is 7.26. The number of nitrogens with one attached hydrogen (secondary N) is 1. The Morgan fingerprint density at radius 3 is 3.13 bits per heavy atom. The molecule has 0 aromatic carbocycles. The number of nitrogen functional groups attached to an aromatic ring is 1. The van der Waals surface area contributed by atoms with E-state index in [4.69, 9.17) is 10.9 Å². The number of nitrogens with two attached hydrogens (primary N) is 1. The summed E-state index contributed by atoms with van der Waals surface area (Å²) in [6.07, 6.45) is 1.03. The summed E-state index contributed by atoms with van der Waals surface area (Å²) < 4.78 is 0. The second kappa shape index (κ2) is 4.46. The van der Waals surface area contributed by atoms with Gasteiger partial charge < -0.3 is 15.4 Å². The Kier molecular flexibility index (Phi) is 3.03. The fourth-order valence-corrected chi connectivity index (χ4v) is 1.87. The second-order valence-electron chi connectivity index (χ2n) is 3.81. The van der Waals surface area contributed by atoms with Gasteiger partial charge in [-0.3, -0.25) is 0 Å². The molecule has 82 valence electrons. The molecule has 2 heterocycles. The highest BCUT2D eigenvalue weighted by molar-refractivity contribution is 5.47. The molecular weight excluding hydrogens is 192 g/mol. The molecule has 0 saturated carbocycles. The van der Waals surface area contributed by atoms with Crippen molar-refractivity contribution in [1.82, 2.24) is 4.98 Å². The number of aliphatic hydroxyl groups excluding tert-OH is 1. The van der Waals surface area contributed by atoms with Gasteiger partial charge in [-0.05, 0) is 18.6 Å². The molecule has 1 unspecified atom stereocenters. The predicted molar refractivity (Wildman–Crippen MR) is 59.5 cm³/mol. The lowest BCUT2D eigenvalue weighted by molar-refractivity contribution is 0.238. The molecular formula is C10H16N4O. The predicted octanol–water partition coefficient (Wildman–Crippen LogP) is 0.186. The molecule has 4 N–H and O–H groups in total. The van der Waals surface area contributed by atoms with Crippen molar-refractivity contribution in [2.75, 3.05) is 30.0 Å².